The molecule has 1 amide bonds. The summed E-state index contributed by atoms with van der Waals surface area (Å²) in [7, 11) is 1.84. The van der Waals surface area contributed by atoms with E-state index in [-0.39, 0.29) is 23.7 Å². The number of carbonyl (C=O) groups excluding carboxylic acids is 1. The fourth-order valence-electron chi connectivity index (χ4n) is 3.88. The number of anilines is 1. The number of guanidine groups is 1. The number of hydrogen-bond donors (Lipinski definition) is 1. The highest BCUT2D eigenvalue weighted by Crippen LogP contribution is 2.49. The minimum absolute atomic E-state index is 0.0186. The van der Waals surface area contributed by atoms with Crippen LogP contribution in [-0.4, -0.2) is 59.3 Å². The molecule has 2 aromatic rings. The van der Waals surface area contributed by atoms with Crippen LogP contribution in [-0.2, 0) is 17.3 Å². The standard InChI is InChI=1S/C21H27FN6O/c1-3-23-20(24-15-21(8-9-21)17-6-4-5-7-18(17)22)27-10-11-28(19(29)14-27)16-12-25-26(2)13-16/h4-7,12-13H,3,8-11,14-15H2,1-2H3,(H,23,24). The first kappa shape index (κ1) is 19.4. The highest BCUT2D eigenvalue weighted by atomic mass is 19.1. The van der Waals surface area contributed by atoms with Gasteiger partial charge in [0, 0.05) is 38.3 Å². The molecule has 1 aliphatic heterocycles. The maximum absolute atomic E-state index is 14.3. The first-order valence-electron chi connectivity index (χ1n) is 10.1. The molecule has 0 spiro atoms. The molecule has 1 saturated heterocycles. The van der Waals surface area contributed by atoms with Crippen LogP contribution in [0.5, 0.6) is 0 Å². The minimum Gasteiger partial charge on any atom is -0.357 e. The van der Waals surface area contributed by atoms with Crippen molar-refractivity contribution in [3.63, 3.8) is 0 Å². The van der Waals surface area contributed by atoms with Gasteiger partial charge in [-0.15, -0.1) is 0 Å². The summed E-state index contributed by atoms with van der Waals surface area (Å²) in [6, 6.07) is 6.97. The zero-order valence-corrected chi connectivity index (χ0v) is 16.9. The molecule has 2 aliphatic rings. The third-order valence-corrected chi connectivity index (χ3v) is 5.69. The Labute approximate surface area is 170 Å². The van der Waals surface area contributed by atoms with Crippen LogP contribution in [0.15, 0.2) is 41.7 Å². The number of nitrogens with zero attached hydrogens (tertiary/aromatic N) is 5. The van der Waals surface area contributed by atoms with Gasteiger partial charge in [0.2, 0.25) is 5.91 Å². The number of aromatic nitrogens is 2. The van der Waals surface area contributed by atoms with E-state index in [0.717, 1.165) is 24.1 Å². The van der Waals surface area contributed by atoms with Crippen molar-refractivity contribution in [1.82, 2.24) is 20.0 Å². The van der Waals surface area contributed by atoms with E-state index in [4.69, 9.17) is 4.99 Å². The van der Waals surface area contributed by atoms with Crippen molar-refractivity contribution in [1.29, 1.82) is 0 Å². The lowest BCUT2D eigenvalue weighted by atomic mass is 9.95. The van der Waals surface area contributed by atoms with Crippen LogP contribution < -0.4 is 10.2 Å². The van der Waals surface area contributed by atoms with Crippen molar-refractivity contribution in [2.24, 2.45) is 12.0 Å². The van der Waals surface area contributed by atoms with Crippen LogP contribution >= 0.6 is 0 Å². The van der Waals surface area contributed by atoms with E-state index < -0.39 is 0 Å². The molecule has 1 aromatic carbocycles. The Kier molecular flexibility index (Phi) is 5.25. The molecule has 8 heteroatoms. The molecule has 0 radical (unpaired) electrons. The van der Waals surface area contributed by atoms with E-state index in [2.05, 4.69) is 10.4 Å². The van der Waals surface area contributed by atoms with Crippen molar-refractivity contribution < 1.29 is 9.18 Å². The molecule has 0 unspecified atom stereocenters. The molecule has 1 saturated carbocycles. The van der Waals surface area contributed by atoms with Gasteiger partial charge in [-0.05, 0) is 31.4 Å². The van der Waals surface area contributed by atoms with Crippen molar-refractivity contribution in [3.8, 4) is 0 Å². The van der Waals surface area contributed by atoms with Crippen molar-refractivity contribution in [2.45, 2.75) is 25.2 Å². The van der Waals surface area contributed by atoms with Crippen LogP contribution in [0.1, 0.15) is 25.3 Å². The summed E-state index contributed by atoms with van der Waals surface area (Å²) in [6.07, 6.45) is 5.42. The third kappa shape index (κ3) is 3.97. The van der Waals surface area contributed by atoms with Gasteiger partial charge in [0.25, 0.3) is 0 Å². The number of carbonyl (C=O) groups is 1. The van der Waals surface area contributed by atoms with Crippen LogP contribution in [0.2, 0.25) is 0 Å². The van der Waals surface area contributed by atoms with E-state index in [9.17, 15) is 9.18 Å². The summed E-state index contributed by atoms with van der Waals surface area (Å²) in [6.45, 7) is 4.75. The summed E-state index contributed by atoms with van der Waals surface area (Å²) >= 11 is 0. The van der Waals surface area contributed by atoms with Gasteiger partial charge in [-0.1, -0.05) is 18.2 Å². The molecule has 0 atom stereocenters. The monoisotopic (exact) mass is 398 g/mol. The van der Waals surface area contributed by atoms with Crippen LogP contribution in [0, 0.1) is 5.82 Å². The molecule has 1 aromatic heterocycles. The number of aliphatic imine (C=N–C) groups is 1. The first-order chi connectivity index (χ1) is 14.0. The van der Waals surface area contributed by atoms with Crippen LogP contribution in [0.4, 0.5) is 10.1 Å². The second-order valence-electron chi connectivity index (χ2n) is 7.77. The van der Waals surface area contributed by atoms with E-state index in [1.54, 1.807) is 21.8 Å². The van der Waals surface area contributed by atoms with Gasteiger partial charge in [0.1, 0.15) is 12.4 Å². The van der Waals surface area contributed by atoms with Gasteiger partial charge in [-0.2, -0.15) is 5.10 Å². The number of nitrogens with one attached hydrogen (secondary N) is 1. The van der Waals surface area contributed by atoms with Crippen LogP contribution in [0.3, 0.4) is 0 Å². The number of rotatable bonds is 5. The molecule has 2 heterocycles. The maximum atomic E-state index is 14.3. The zero-order valence-electron chi connectivity index (χ0n) is 16.9. The second-order valence-corrected chi connectivity index (χ2v) is 7.77. The molecular formula is C21H27FN6O. The predicted octanol–water partition coefficient (Wildman–Crippen LogP) is 1.91. The summed E-state index contributed by atoms with van der Waals surface area (Å²) in [5.74, 6) is 0.574. The Hall–Kier alpha value is -2.90. The lowest BCUT2D eigenvalue weighted by Gasteiger charge is -2.35. The molecule has 2 fully saturated rings. The Bertz CT molecular complexity index is 919. The minimum atomic E-state index is -0.215. The number of benzene rings is 1. The smallest absolute Gasteiger partial charge is 0.246 e. The lowest BCUT2D eigenvalue weighted by Crippen LogP contribution is -2.55. The van der Waals surface area contributed by atoms with E-state index in [0.29, 0.717) is 32.1 Å². The number of aryl methyl sites for hydroxylation is 1. The molecule has 154 valence electrons. The van der Waals surface area contributed by atoms with Gasteiger partial charge < -0.3 is 15.1 Å². The summed E-state index contributed by atoms with van der Waals surface area (Å²) in [5, 5.41) is 7.44. The number of piperazine rings is 1. The van der Waals surface area contributed by atoms with E-state index in [1.165, 1.54) is 6.07 Å². The Morgan fingerprint density at radius 2 is 2.10 bits per heavy atom. The Morgan fingerprint density at radius 1 is 1.31 bits per heavy atom. The average molecular weight is 398 g/mol. The Morgan fingerprint density at radius 3 is 2.72 bits per heavy atom. The fraction of sp³-hybridized carbons (Fsp3) is 0.476. The summed E-state index contributed by atoms with van der Waals surface area (Å²) in [5.41, 5.74) is 1.35. The third-order valence-electron chi connectivity index (χ3n) is 5.69. The van der Waals surface area contributed by atoms with E-state index >= 15 is 0 Å². The van der Waals surface area contributed by atoms with Crippen molar-refractivity contribution in [3.05, 3.63) is 48.0 Å². The van der Waals surface area contributed by atoms with Gasteiger partial charge in [0.15, 0.2) is 5.96 Å². The van der Waals surface area contributed by atoms with E-state index in [1.807, 2.05) is 37.2 Å². The second kappa shape index (κ2) is 7.85. The lowest BCUT2D eigenvalue weighted by molar-refractivity contribution is -0.120. The normalized spacial score (nSPS) is 18.9. The zero-order chi connectivity index (χ0) is 20.4. The van der Waals surface area contributed by atoms with Gasteiger partial charge in [-0.3, -0.25) is 14.5 Å². The molecular weight excluding hydrogens is 371 g/mol. The molecule has 29 heavy (non-hydrogen) atoms. The maximum Gasteiger partial charge on any atom is 0.246 e. The van der Waals surface area contributed by atoms with Crippen LogP contribution in [0.25, 0.3) is 0 Å². The molecule has 1 aliphatic carbocycles. The molecule has 7 nitrogen and oxygen atoms in total. The number of hydrogen-bond acceptors (Lipinski definition) is 3. The first-order valence-corrected chi connectivity index (χ1v) is 10.1. The molecule has 4 rings (SSSR count). The summed E-state index contributed by atoms with van der Waals surface area (Å²) < 4.78 is 16.0. The number of amides is 1. The largest absolute Gasteiger partial charge is 0.357 e. The highest BCUT2D eigenvalue weighted by molar-refractivity contribution is 5.98. The Balaban J connectivity index is 1.47. The van der Waals surface area contributed by atoms with Gasteiger partial charge >= 0.3 is 0 Å². The summed E-state index contributed by atoms with van der Waals surface area (Å²) in [4.78, 5) is 21.3. The number of halogens is 1. The quantitative estimate of drug-likeness (QED) is 0.617. The van der Waals surface area contributed by atoms with Gasteiger partial charge in [0.05, 0.1) is 18.4 Å². The highest BCUT2D eigenvalue weighted by Gasteiger charge is 2.46. The predicted molar refractivity (Wildman–Crippen MR) is 110 cm³/mol. The average Bonchev–Trinajstić information content (AvgIpc) is 3.38. The topological polar surface area (TPSA) is 65.8 Å². The fourth-order valence-corrected chi connectivity index (χ4v) is 3.88. The van der Waals surface area contributed by atoms with Crippen molar-refractivity contribution in [2.75, 3.05) is 37.6 Å². The van der Waals surface area contributed by atoms with Crippen molar-refractivity contribution >= 4 is 17.6 Å². The molecule has 0 bridgehead atoms. The SMILES string of the molecule is CCNC(=NCC1(c2ccccc2F)CC1)N1CCN(c2cnn(C)c2)C(=O)C1. The van der Waals surface area contributed by atoms with Gasteiger partial charge in [-0.25, -0.2) is 4.39 Å². The molecule has 1 N–H and O–H groups in total.